The number of hydrogen-bond donors (Lipinski definition) is 0. The molecule has 2 aromatic rings. The Morgan fingerprint density at radius 3 is 2.58 bits per heavy atom. The number of hydrogen-bond acceptors (Lipinski definition) is 7. The Bertz CT molecular complexity index is 947. The summed E-state index contributed by atoms with van der Waals surface area (Å²) in [6.07, 6.45) is 1.39. The first kappa shape index (κ1) is 22.1. The number of ether oxygens (including phenoxy) is 1. The van der Waals surface area contributed by atoms with E-state index >= 15 is 0 Å². The number of fused-ring (bicyclic) bond motifs is 1. The molecule has 1 aliphatic heterocycles. The largest absolute Gasteiger partial charge is 1.00 e. The average Bonchev–Trinajstić information content (AvgIpc) is 3.03. The molecule has 26 heavy (non-hydrogen) atoms. The van der Waals surface area contributed by atoms with Crippen molar-refractivity contribution < 1.29 is 70.1 Å². The SMILES string of the molecule is Cn1c(=O)c2c(ncn2CCOP(=O)([O-])N2CCOCC2)n(C)c1=O.[K+]. The zero-order chi connectivity index (χ0) is 18.2. The molecular weight excluding hydrogens is 392 g/mol. The zero-order valence-corrected chi connectivity index (χ0v) is 19.0. The van der Waals surface area contributed by atoms with Gasteiger partial charge in [-0.25, -0.2) is 14.4 Å². The van der Waals surface area contributed by atoms with Crippen molar-refractivity contribution in [3.63, 3.8) is 0 Å². The number of rotatable bonds is 5. The van der Waals surface area contributed by atoms with Gasteiger partial charge in [0.15, 0.2) is 11.2 Å². The second-order valence-corrected chi connectivity index (χ2v) is 7.44. The van der Waals surface area contributed by atoms with Crippen LogP contribution in [0.5, 0.6) is 0 Å². The van der Waals surface area contributed by atoms with Crippen LogP contribution in [0.2, 0.25) is 0 Å². The Hall–Kier alpha value is -0.144. The number of aromatic nitrogens is 4. The summed E-state index contributed by atoms with van der Waals surface area (Å²) in [6.45, 7) is 1.17. The van der Waals surface area contributed by atoms with E-state index in [-0.39, 0.29) is 88.8 Å². The summed E-state index contributed by atoms with van der Waals surface area (Å²) >= 11 is 0. The molecule has 0 amide bonds. The van der Waals surface area contributed by atoms with Crippen molar-refractivity contribution >= 4 is 18.9 Å². The third-order valence-electron chi connectivity index (χ3n) is 4.14. The van der Waals surface area contributed by atoms with E-state index < -0.39 is 19.0 Å². The Labute approximate surface area is 191 Å². The van der Waals surface area contributed by atoms with E-state index in [1.165, 1.54) is 34.2 Å². The molecule has 0 aliphatic carbocycles. The minimum absolute atomic E-state index is 0. The summed E-state index contributed by atoms with van der Waals surface area (Å²) in [7, 11) is -1.26. The molecule has 1 saturated heterocycles. The minimum atomic E-state index is -4.15. The molecule has 1 atom stereocenters. The van der Waals surface area contributed by atoms with Crippen LogP contribution in [-0.2, 0) is 34.5 Å². The average molecular weight is 411 g/mol. The second-order valence-electron chi connectivity index (χ2n) is 5.68. The normalized spacial score (nSPS) is 17.8. The summed E-state index contributed by atoms with van der Waals surface area (Å²) < 4.78 is 27.3. The Kier molecular flexibility index (Phi) is 7.59. The third-order valence-corrected chi connectivity index (χ3v) is 5.74. The topological polar surface area (TPSA) is 124 Å². The van der Waals surface area contributed by atoms with Crippen LogP contribution in [0.1, 0.15) is 0 Å². The Morgan fingerprint density at radius 2 is 1.92 bits per heavy atom. The van der Waals surface area contributed by atoms with Gasteiger partial charge in [-0.05, 0) is 0 Å². The molecule has 0 spiro atoms. The predicted octanol–water partition coefficient (Wildman–Crippen LogP) is -4.75. The monoisotopic (exact) mass is 411 g/mol. The molecular formula is C13H19KN5O6P. The van der Waals surface area contributed by atoms with Crippen molar-refractivity contribution in [1.29, 1.82) is 0 Å². The van der Waals surface area contributed by atoms with Crippen molar-refractivity contribution in [3.05, 3.63) is 27.2 Å². The molecule has 138 valence electrons. The molecule has 0 bridgehead atoms. The van der Waals surface area contributed by atoms with Crippen LogP contribution in [0, 0.1) is 0 Å². The smallest absolute Gasteiger partial charge is 0.766 e. The van der Waals surface area contributed by atoms with Crippen molar-refractivity contribution in [3.8, 4) is 0 Å². The number of nitrogens with zero attached hydrogens (tertiary/aromatic N) is 5. The predicted molar refractivity (Wildman–Crippen MR) is 86.2 cm³/mol. The van der Waals surface area contributed by atoms with Gasteiger partial charge in [0.25, 0.3) is 5.56 Å². The third kappa shape index (κ3) is 4.30. The van der Waals surface area contributed by atoms with Gasteiger partial charge in [-0.3, -0.25) is 18.5 Å². The summed E-state index contributed by atoms with van der Waals surface area (Å²) in [5.74, 6) is 0. The fourth-order valence-electron chi connectivity index (χ4n) is 2.70. The quantitative estimate of drug-likeness (QED) is 0.355. The summed E-state index contributed by atoms with van der Waals surface area (Å²) in [4.78, 5) is 40.4. The molecule has 0 aromatic carbocycles. The molecule has 1 fully saturated rings. The van der Waals surface area contributed by atoms with Crippen molar-refractivity contribution in [2.45, 2.75) is 6.54 Å². The maximum Gasteiger partial charge on any atom is 1.00 e. The van der Waals surface area contributed by atoms with Gasteiger partial charge in [-0.2, -0.15) is 0 Å². The van der Waals surface area contributed by atoms with Gasteiger partial charge in [-0.1, -0.05) is 0 Å². The van der Waals surface area contributed by atoms with Gasteiger partial charge in [0.2, 0.25) is 7.75 Å². The molecule has 1 unspecified atom stereocenters. The number of morpholine rings is 1. The maximum atomic E-state index is 12.3. The minimum Gasteiger partial charge on any atom is -0.766 e. The Balaban J connectivity index is 0.00000243. The van der Waals surface area contributed by atoms with E-state index in [2.05, 4.69) is 4.98 Å². The van der Waals surface area contributed by atoms with Crippen molar-refractivity contribution in [2.24, 2.45) is 14.1 Å². The van der Waals surface area contributed by atoms with Gasteiger partial charge in [-0.15, -0.1) is 0 Å². The molecule has 0 radical (unpaired) electrons. The van der Waals surface area contributed by atoms with E-state index in [9.17, 15) is 19.0 Å². The first-order valence-electron chi connectivity index (χ1n) is 7.72. The van der Waals surface area contributed by atoms with Crippen LogP contribution in [0.3, 0.4) is 0 Å². The van der Waals surface area contributed by atoms with Crippen molar-refractivity contribution in [1.82, 2.24) is 23.4 Å². The molecule has 3 heterocycles. The van der Waals surface area contributed by atoms with Crippen LogP contribution in [0.4, 0.5) is 0 Å². The first-order valence-corrected chi connectivity index (χ1v) is 9.22. The molecule has 13 heteroatoms. The van der Waals surface area contributed by atoms with Crippen LogP contribution >= 0.6 is 7.75 Å². The van der Waals surface area contributed by atoms with Crippen molar-refractivity contribution in [2.75, 3.05) is 32.9 Å². The standard InChI is InChI=1S/C13H20N5O6P.K/c1-15-11-10(12(19)16(2)13(15)20)17(9-14-11)3-8-24-25(21,22)18-4-6-23-7-5-18;/h9H,3-8H2,1-2H3,(H,21,22);/q;+1/p-1. The summed E-state index contributed by atoms with van der Waals surface area (Å²) in [6, 6.07) is 0. The molecule has 1 aliphatic rings. The van der Waals surface area contributed by atoms with E-state index in [4.69, 9.17) is 9.26 Å². The van der Waals surface area contributed by atoms with Gasteiger partial charge >= 0.3 is 57.1 Å². The number of imidazole rings is 1. The van der Waals surface area contributed by atoms with Gasteiger partial charge in [0.05, 0.1) is 26.1 Å². The molecule has 11 nitrogen and oxygen atoms in total. The fourth-order valence-corrected chi connectivity index (χ4v) is 3.83. The number of aryl methyl sites for hydroxylation is 1. The summed E-state index contributed by atoms with van der Waals surface area (Å²) in [5, 5.41) is 0. The molecule has 2 aromatic heterocycles. The van der Waals surface area contributed by atoms with Crippen LogP contribution in [-0.4, -0.2) is 56.3 Å². The molecule has 3 rings (SSSR count). The van der Waals surface area contributed by atoms with E-state index in [1.54, 1.807) is 0 Å². The van der Waals surface area contributed by atoms with Crippen LogP contribution in [0.25, 0.3) is 11.2 Å². The second kappa shape index (κ2) is 8.91. The Morgan fingerprint density at radius 1 is 1.27 bits per heavy atom. The van der Waals surface area contributed by atoms with Gasteiger partial charge in [0.1, 0.15) is 0 Å². The zero-order valence-electron chi connectivity index (χ0n) is 15.0. The van der Waals surface area contributed by atoms with Crippen LogP contribution < -0.4 is 67.5 Å². The molecule has 0 saturated carbocycles. The fraction of sp³-hybridized carbons (Fsp3) is 0.615. The van der Waals surface area contributed by atoms with E-state index in [1.807, 2.05) is 0 Å². The van der Waals surface area contributed by atoms with Gasteiger partial charge in [0, 0.05) is 33.7 Å². The molecule has 0 N–H and O–H groups in total. The maximum absolute atomic E-state index is 12.3. The van der Waals surface area contributed by atoms with E-state index in [0.29, 0.717) is 13.2 Å². The summed E-state index contributed by atoms with van der Waals surface area (Å²) in [5.41, 5.74) is -0.503. The van der Waals surface area contributed by atoms with Crippen LogP contribution in [0.15, 0.2) is 15.9 Å². The first-order chi connectivity index (χ1) is 11.8. The van der Waals surface area contributed by atoms with E-state index in [0.717, 1.165) is 4.57 Å². The van der Waals surface area contributed by atoms with Gasteiger partial charge < -0.3 is 18.7 Å².